The zero-order chi connectivity index (χ0) is 8.67. The quantitative estimate of drug-likeness (QED) is 0.456. The number of hydrogen-bond donors (Lipinski definition) is 2. The maximum Gasteiger partial charge on any atom is 0.273 e. The van der Waals surface area contributed by atoms with Crippen molar-refractivity contribution in [2.45, 2.75) is 0 Å². The van der Waals surface area contributed by atoms with E-state index < -0.39 is 0 Å². The summed E-state index contributed by atoms with van der Waals surface area (Å²) in [6.07, 6.45) is 2.24. The van der Waals surface area contributed by atoms with Gasteiger partial charge in [0, 0.05) is 13.1 Å². The summed E-state index contributed by atoms with van der Waals surface area (Å²) < 4.78 is 2.42. The molecule has 2 N–H and O–H groups in total. The molecule has 3 heterocycles. The number of hydrogen-bond acceptors (Lipinski definition) is 3. The maximum absolute atomic E-state index is 3.41. The minimum atomic E-state index is 1.10. The fraction of sp³-hybridized carbons (Fsp3) is 0.667. The molecule has 0 spiro atoms. The molecule has 0 atom stereocenters. The molecule has 70 valence electrons. The van der Waals surface area contributed by atoms with E-state index in [0.717, 1.165) is 39.3 Å². The number of rotatable bonds is 0. The third kappa shape index (κ3) is 1.08. The summed E-state index contributed by atoms with van der Waals surface area (Å²) in [6, 6.07) is 0. The fourth-order valence-electron chi connectivity index (χ4n) is 2.22. The Morgan fingerprint density at radius 3 is 3.15 bits per heavy atom. The number of nitrogens with one attached hydrogen (secondary N) is 2. The first kappa shape index (κ1) is 7.24. The predicted octanol–water partition coefficient (Wildman–Crippen LogP) is -1.24. The van der Waals surface area contributed by atoms with Gasteiger partial charge in [0.2, 0.25) is 0 Å². The average Bonchev–Trinajstić information content (AvgIpc) is 2.72. The van der Waals surface area contributed by atoms with Gasteiger partial charge in [-0.05, 0) is 0 Å². The van der Waals surface area contributed by atoms with E-state index in [1.54, 1.807) is 0 Å². The minimum absolute atomic E-state index is 1.10. The van der Waals surface area contributed by atoms with Crippen molar-refractivity contribution in [3.05, 3.63) is 11.9 Å². The molecule has 0 aromatic heterocycles. The fourth-order valence-corrected chi connectivity index (χ4v) is 2.22. The van der Waals surface area contributed by atoms with Crippen LogP contribution in [0.3, 0.4) is 0 Å². The summed E-state index contributed by atoms with van der Waals surface area (Å²) in [6.45, 7) is 6.83. The van der Waals surface area contributed by atoms with E-state index in [2.05, 4.69) is 26.2 Å². The van der Waals surface area contributed by atoms with E-state index >= 15 is 0 Å². The molecule has 0 amide bonds. The molecule has 0 bridgehead atoms. The summed E-state index contributed by atoms with van der Waals surface area (Å²) in [5, 5.41) is 6.82. The van der Waals surface area contributed by atoms with Crippen molar-refractivity contribution < 1.29 is 4.58 Å². The Bertz CT molecular complexity index is 292. The zero-order valence-corrected chi connectivity index (χ0v) is 7.71. The average molecular weight is 179 g/mol. The predicted molar refractivity (Wildman–Crippen MR) is 50.7 cm³/mol. The highest BCUT2D eigenvalue weighted by Crippen LogP contribution is 2.10. The molecular weight excluding hydrogens is 164 g/mol. The molecule has 0 radical (unpaired) electrons. The van der Waals surface area contributed by atoms with Crippen LogP contribution in [0.5, 0.6) is 0 Å². The normalized spacial score (nSPS) is 25.8. The van der Waals surface area contributed by atoms with Crippen molar-refractivity contribution in [3.63, 3.8) is 0 Å². The van der Waals surface area contributed by atoms with Crippen LogP contribution in [0.25, 0.3) is 0 Å². The third-order valence-corrected chi connectivity index (χ3v) is 2.97. The molecule has 0 aromatic carbocycles. The number of nitrogens with zero attached hydrogens (tertiary/aromatic N) is 2. The Hall–Kier alpha value is -1.19. The van der Waals surface area contributed by atoms with Crippen LogP contribution in [0.1, 0.15) is 0 Å². The Morgan fingerprint density at radius 1 is 1.15 bits per heavy atom. The van der Waals surface area contributed by atoms with Crippen LogP contribution in [0.15, 0.2) is 11.9 Å². The molecule has 13 heavy (non-hydrogen) atoms. The summed E-state index contributed by atoms with van der Waals surface area (Å²) >= 11 is 0. The van der Waals surface area contributed by atoms with Gasteiger partial charge in [-0.3, -0.25) is 9.89 Å². The lowest BCUT2D eigenvalue weighted by Gasteiger charge is -2.15. The van der Waals surface area contributed by atoms with Gasteiger partial charge in [0.15, 0.2) is 0 Å². The lowest BCUT2D eigenvalue weighted by atomic mass is 10.5. The van der Waals surface area contributed by atoms with Gasteiger partial charge in [-0.25, -0.2) is 0 Å². The lowest BCUT2D eigenvalue weighted by Crippen LogP contribution is -2.26. The molecule has 0 aromatic rings. The van der Waals surface area contributed by atoms with Crippen molar-refractivity contribution in [2.75, 3.05) is 39.3 Å². The van der Waals surface area contributed by atoms with Gasteiger partial charge in [0.05, 0.1) is 12.6 Å². The van der Waals surface area contributed by atoms with Gasteiger partial charge in [-0.2, -0.15) is 0 Å². The van der Waals surface area contributed by atoms with Crippen molar-refractivity contribution in [3.8, 4) is 0 Å². The second-order valence-corrected chi connectivity index (χ2v) is 3.74. The van der Waals surface area contributed by atoms with Crippen molar-refractivity contribution in [1.82, 2.24) is 15.5 Å². The van der Waals surface area contributed by atoms with E-state index in [-0.39, 0.29) is 0 Å². The second kappa shape index (κ2) is 2.65. The van der Waals surface area contributed by atoms with Crippen LogP contribution in [0.2, 0.25) is 0 Å². The molecule has 1 fully saturated rings. The van der Waals surface area contributed by atoms with Gasteiger partial charge < -0.3 is 10.2 Å². The highest BCUT2D eigenvalue weighted by Gasteiger charge is 2.27. The minimum Gasteiger partial charge on any atom is -0.370 e. The molecule has 0 saturated carbocycles. The van der Waals surface area contributed by atoms with Gasteiger partial charge in [0.1, 0.15) is 25.5 Å². The number of fused-ring (bicyclic) bond motifs is 1. The molecular formula is C9H15N4+. The smallest absolute Gasteiger partial charge is 0.273 e. The summed E-state index contributed by atoms with van der Waals surface area (Å²) in [4.78, 5) is 2.42. The van der Waals surface area contributed by atoms with Crippen LogP contribution in [-0.4, -0.2) is 54.6 Å². The van der Waals surface area contributed by atoms with Crippen LogP contribution in [0.4, 0.5) is 0 Å². The molecule has 1 saturated heterocycles. The first-order chi connectivity index (χ1) is 6.43. The first-order valence-electron chi connectivity index (χ1n) is 5.00. The Labute approximate surface area is 77.9 Å². The first-order valence-corrected chi connectivity index (χ1v) is 5.00. The SMILES string of the molecule is C1=C2NCCN2CC[N+]2=C1NCC2. The van der Waals surface area contributed by atoms with E-state index in [9.17, 15) is 0 Å². The molecule has 3 rings (SSSR count). The Balaban J connectivity index is 1.94. The Morgan fingerprint density at radius 2 is 2.15 bits per heavy atom. The van der Waals surface area contributed by atoms with Gasteiger partial charge in [-0.15, -0.1) is 0 Å². The summed E-state index contributed by atoms with van der Waals surface area (Å²) in [7, 11) is 0. The molecule has 4 nitrogen and oxygen atoms in total. The van der Waals surface area contributed by atoms with Crippen LogP contribution < -0.4 is 10.6 Å². The van der Waals surface area contributed by atoms with Gasteiger partial charge >= 0.3 is 0 Å². The summed E-state index contributed by atoms with van der Waals surface area (Å²) in [5.41, 5.74) is 0. The highest BCUT2D eigenvalue weighted by molar-refractivity contribution is 5.90. The van der Waals surface area contributed by atoms with E-state index in [4.69, 9.17) is 0 Å². The molecule has 4 heteroatoms. The Kier molecular flexibility index (Phi) is 1.48. The van der Waals surface area contributed by atoms with E-state index in [1.807, 2.05) is 0 Å². The van der Waals surface area contributed by atoms with Crippen molar-refractivity contribution in [1.29, 1.82) is 0 Å². The lowest BCUT2D eigenvalue weighted by molar-refractivity contribution is -0.516. The van der Waals surface area contributed by atoms with E-state index in [1.165, 1.54) is 11.7 Å². The van der Waals surface area contributed by atoms with Crippen molar-refractivity contribution >= 4 is 5.84 Å². The zero-order valence-electron chi connectivity index (χ0n) is 7.71. The van der Waals surface area contributed by atoms with Gasteiger partial charge in [0.25, 0.3) is 5.84 Å². The molecule has 3 aliphatic rings. The van der Waals surface area contributed by atoms with Crippen molar-refractivity contribution in [2.24, 2.45) is 0 Å². The standard InChI is InChI=1S/C9H14N4/c1-3-12-5-6-13-4-2-11-9(13)7-8(12)10-1/h7H,1-6H2,(H,10,11)/p+1. The van der Waals surface area contributed by atoms with Crippen LogP contribution in [0, 0.1) is 0 Å². The molecule has 0 unspecified atom stereocenters. The van der Waals surface area contributed by atoms with E-state index in [0.29, 0.717) is 0 Å². The second-order valence-electron chi connectivity index (χ2n) is 3.74. The summed E-state index contributed by atoms with van der Waals surface area (Å²) in [5.74, 6) is 2.60. The van der Waals surface area contributed by atoms with Gasteiger partial charge in [-0.1, -0.05) is 0 Å². The third-order valence-electron chi connectivity index (χ3n) is 2.97. The largest absolute Gasteiger partial charge is 0.370 e. The van der Waals surface area contributed by atoms with Crippen LogP contribution in [-0.2, 0) is 0 Å². The topological polar surface area (TPSA) is 30.3 Å². The maximum atomic E-state index is 3.41. The van der Waals surface area contributed by atoms with Crippen LogP contribution >= 0.6 is 0 Å². The number of amidine groups is 1. The monoisotopic (exact) mass is 179 g/mol. The molecule has 0 aliphatic carbocycles. The molecule has 3 aliphatic heterocycles. The highest BCUT2D eigenvalue weighted by atomic mass is 15.3.